The van der Waals surface area contributed by atoms with Crippen LogP contribution in [-0.4, -0.2) is 38.4 Å². The molecule has 0 spiro atoms. The summed E-state index contributed by atoms with van der Waals surface area (Å²) < 4.78 is 5.41. The lowest BCUT2D eigenvalue weighted by Gasteiger charge is -2.39. The molecule has 27 heavy (non-hydrogen) atoms. The number of carbonyl (C=O) groups is 1. The van der Waals surface area contributed by atoms with Crippen molar-refractivity contribution >= 4 is 56.9 Å². The van der Waals surface area contributed by atoms with E-state index in [1.54, 1.807) is 11.8 Å². The second kappa shape index (κ2) is 9.75. The summed E-state index contributed by atoms with van der Waals surface area (Å²) in [6.45, 7) is 12.9. The highest BCUT2D eigenvalue weighted by Crippen LogP contribution is 2.35. The van der Waals surface area contributed by atoms with Gasteiger partial charge in [0.1, 0.15) is 4.32 Å². The molecule has 0 N–H and O–H groups in total. The van der Waals surface area contributed by atoms with Crippen molar-refractivity contribution in [2.24, 2.45) is 10.4 Å². The molecule has 7 heteroatoms. The molecule has 0 unspecified atom stereocenters. The van der Waals surface area contributed by atoms with Gasteiger partial charge in [0.15, 0.2) is 5.17 Å². The minimum atomic E-state index is -0.357. The Morgan fingerprint density at radius 3 is 2.85 bits per heavy atom. The van der Waals surface area contributed by atoms with E-state index in [-0.39, 0.29) is 17.1 Å². The van der Waals surface area contributed by atoms with Gasteiger partial charge in [-0.1, -0.05) is 88.2 Å². The number of thiocarbonyl (C=S) groups is 1. The second-order valence-electron chi connectivity index (χ2n) is 7.36. The number of para-hydroxylation sites is 1. The molecule has 1 aromatic rings. The number of ether oxygens (including phenoxy) is 1. The fourth-order valence-electron chi connectivity index (χ4n) is 2.62. The molecule has 4 nitrogen and oxygen atoms in total. The highest BCUT2D eigenvalue weighted by Gasteiger charge is 2.33. The lowest BCUT2D eigenvalue weighted by Crippen LogP contribution is -2.45. The van der Waals surface area contributed by atoms with E-state index in [2.05, 4.69) is 40.3 Å². The van der Waals surface area contributed by atoms with Crippen molar-refractivity contribution in [3.63, 3.8) is 0 Å². The molecular formula is C20H26N2O2S3. The Labute approximate surface area is 175 Å². The Morgan fingerprint density at radius 2 is 2.19 bits per heavy atom. The van der Waals surface area contributed by atoms with Gasteiger partial charge in [0.25, 0.3) is 0 Å². The van der Waals surface area contributed by atoms with E-state index >= 15 is 0 Å². The van der Waals surface area contributed by atoms with E-state index in [9.17, 15) is 4.79 Å². The predicted octanol–water partition coefficient (Wildman–Crippen LogP) is 5.58. The van der Waals surface area contributed by atoms with Crippen molar-refractivity contribution in [2.75, 3.05) is 18.1 Å². The average Bonchev–Trinajstić information content (AvgIpc) is 2.61. The molecule has 0 aliphatic carbocycles. The lowest BCUT2D eigenvalue weighted by molar-refractivity contribution is -0.134. The second-order valence-corrected chi connectivity index (χ2v) is 9.91. The van der Waals surface area contributed by atoms with Gasteiger partial charge in [-0.3, -0.25) is 4.79 Å². The van der Waals surface area contributed by atoms with Gasteiger partial charge < -0.3 is 9.64 Å². The Morgan fingerprint density at radius 1 is 1.48 bits per heavy atom. The number of hydrogen-bond donors (Lipinski definition) is 0. The number of carbonyl (C=O) groups excluding carboxylic acids is 1. The van der Waals surface area contributed by atoms with Gasteiger partial charge in [0, 0.05) is 12.3 Å². The zero-order valence-electron chi connectivity index (χ0n) is 16.2. The van der Waals surface area contributed by atoms with Crippen molar-refractivity contribution in [1.29, 1.82) is 0 Å². The Balaban J connectivity index is 2.26. The maximum Gasteiger partial charge on any atom is 0.321 e. The standard InChI is InChI=1S/C20H26N2O2S3/c1-6-24-17(23)11-26-19(25)22-12-20(4,5)13-27-18(22)21-16-10-8-7-9-15(16)14(2)3/h6-10,14H,1,11-13H2,2-5H3. The molecule has 1 saturated heterocycles. The van der Waals surface area contributed by atoms with Crippen LogP contribution in [-0.2, 0) is 9.53 Å². The highest BCUT2D eigenvalue weighted by molar-refractivity contribution is 8.23. The van der Waals surface area contributed by atoms with Crippen LogP contribution in [0.4, 0.5) is 5.69 Å². The van der Waals surface area contributed by atoms with Gasteiger partial charge in [-0.15, -0.1) is 0 Å². The Kier molecular flexibility index (Phi) is 7.94. The molecule has 0 saturated carbocycles. The van der Waals surface area contributed by atoms with Crippen LogP contribution in [0.15, 0.2) is 42.1 Å². The summed E-state index contributed by atoms with van der Waals surface area (Å²) >= 11 is 8.62. The van der Waals surface area contributed by atoms with Crippen molar-refractivity contribution in [1.82, 2.24) is 4.90 Å². The number of rotatable bonds is 5. The predicted molar refractivity (Wildman–Crippen MR) is 122 cm³/mol. The van der Waals surface area contributed by atoms with Crippen LogP contribution in [0, 0.1) is 5.41 Å². The van der Waals surface area contributed by atoms with Crippen LogP contribution < -0.4 is 0 Å². The average molecular weight is 423 g/mol. The van der Waals surface area contributed by atoms with E-state index in [0.29, 0.717) is 10.2 Å². The molecule has 1 aliphatic rings. The minimum absolute atomic E-state index is 0.105. The summed E-state index contributed by atoms with van der Waals surface area (Å²) in [5, 5.41) is 0.886. The third-order valence-electron chi connectivity index (χ3n) is 3.93. The van der Waals surface area contributed by atoms with Gasteiger partial charge in [0.2, 0.25) is 0 Å². The van der Waals surface area contributed by atoms with E-state index < -0.39 is 0 Å². The van der Waals surface area contributed by atoms with Crippen LogP contribution in [0.3, 0.4) is 0 Å². The first-order valence-electron chi connectivity index (χ1n) is 8.78. The molecule has 0 bridgehead atoms. The number of aliphatic imine (C=N–C) groups is 1. The first-order chi connectivity index (χ1) is 12.7. The minimum Gasteiger partial charge on any atom is -0.435 e. The van der Waals surface area contributed by atoms with Crippen molar-refractivity contribution in [2.45, 2.75) is 33.6 Å². The summed E-state index contributed by atoms with van der Waals surface area (Å²) in [6.07, 6.45) is 1.14. The van der Waals surface area contributed by atoms with Crippen molar-refractivity contribution < 1.29 is 9.53 Å². The first-order valence-corrected chi connectivity index (χ1v) is 11.2. The number of thioether (sulfide) groups is 2. The molecule has 0 aromatic heterocycles. The Hall–Kier alpha value is -1.31. The van der Waals surface area contributed by atoms with Crippen LogP contribution in [0.2, 0.25) is 0 Å². The van der Waals surface area contributed by atoms with Gasteiger partial charge in [-0.05, 0) is 23.0 Å². The van der Waals surface area contributed by atoms with Gasteiger partial charge in [-0.2, -0.15) is 0 Å². The molecular weight excluding hydrogens is 396 g/mol. The molecule has 1 aromatic carbocycles. The fourth-order valence-corrected chi connectivity index (χ4v) is 4.77. The number of nitrogens with zero attached hydrogens (tertiary/aromatic N) is 2. The van der Waals surface area contributed by atoms with E-state index in [1.165, 1.54) is 17.3 Å². The normalized spacial score (nSPS) is 17.8. The van der Waals surface area contributed by atoms with Gasteiger partial charge >= 0.3 is 5.97 Å². The smallest absolute Gasteiger partial charge is 0.321 e. The molecule has 1 fully saturated rings. The third kappa shape index (κ3) is 6.36. The summed E-state index contributed by atoms with van der Waals surface area (Å²) in [5.41, 5.74) is 2.29. The fraction of sp³-hybridized carbons (Fsp3) is 0.450. The summed E-state index contributed by atoms with van der Waals surface area (Å²) in [7, 11) is 0. The number of hydrogen-bond acceptors (Lipinski definition) is 6. The van der Waals surface area contributed by atoms with Gasteiger partial charge in [0.05, 0.1) is 17.7 Å². The summed E-state index contributed by atoms with van der Waals surface area (Å²) in [6, 6.07) is 8.20. The third-order valence-corrected chi connectivity index (χ3v) is 6.85. The van der Waals surface area contributed by atoms with Crippen LogP contribution in [0.1, 0.15) is 39.2 Å². The van der Waals surface area contributed by atoms with Gasteiger partial charge in [-0.25, -0.2) is 4.99 Å². The largest absolute Gasteiger partial charge is 0.435 e. The molecule has 1 heterocycles. The van der Waals surface area contributed by atoms with E-state index in [1.807, 2.05) is 23.1 Å². The summed E-state index contributed by atoms with van der Waals surface area (Å²) in [4.78, 5) is 18.6. The monoisotopic (exact) mass is 422 g/mol. The molecule has 146 valence electrons. The van der Waals surface area contributed by atoms with Crippen molar-refractivity contribution in [3.8, 4) is 0 Å². The number of benzene rings is 1. The van der Waals surface area contributed by atoms with Crippen LogP contribution >= 0.6 is 35.7 Å². The quantitative estimate of drug-likeness (QED) is 0.351. The highest BCUT2D eigenvalue weighted by atomic mass is 32.2. The lowest BCUT2D eigenvalue weighted by atomic mass is 9.96. The maximum absolute atomic E-state index is 11.6. The van der Waals surface area contributed by atoms with Crippen LogP contribution in [0.25, 0.3) is 0 Å². The zero-order chi connectivity index (χ0) is 20.0. The maximum atomic E-state index is 11.6. The number of amidine groups is 1. The number of esters is 1. The zero-order valence-corrected chi connectivity index (χ0v) is 18.7. The molecule has 0 atom stereocenters. The summed E-state index contributed by atoms with van der Waals surface area (Å²) in [5.74, 6) is 1.16. The topological polar surface area (TPSA) is 41.9 Å². The Bertz CT molecular complexity index is 744. The molecule has 2 rings (SSSR count). The van der Waals surface area contributed by atoms with E-state index in [4.69, 9.17) is 21.9 Å². The van der Waals surface area contributed by atoms with Crippen LogP contribution in [0.5, 0.6) is 0 Å². The van der Waals surface area contributed by atoms with E-state index in [0.717, 1.165) is 29.4 Å². The molecule has 0 amide bonds. The van der Waals surface area contributed by atoms with Crippen molar-refractivity contribution in [3.05, 3.63) is 42.7 Å². The first kappa shape index (κ1) is 22.0. The molecule has 0 radical (unpaired) electrons. The SMILES string of the molecule is C=COC(=O)CSC(=S)N1CC(C)(C)CSC1=Nc1ccccc1C(C)C. The molecule has 1 aliphatic heterocycles.